The third kappa shape index (κ3) is 4.80. The lowest BCUT2D eigenvalue weighted by Crippen LogP contribution is -2.22. The van der Waals surface area contributed by atoms with Crippen molar-refractivity contribution in [3.8, 4) is 5.75 Å². The fourth-order valence-electron chi connectivity index (χ4n) is 1.63. The van der Waals surface area contributed by atoms with E-state index in [1.165, 1.54) is 11.8 Å². The maximum atomic E-state index is 12.0. The lowest BCUT2D eigenvalue weighted by Gasteiger charge is -2.07. The Morgan fingerprint density at radius 3 is 2.95 bits per heavy atom. The highest BCUT2D eigenvalue weighted by atomic mass is 16.5. The number of hydrogen-bond acceptors (Lipinski definition) is 4. The number of nitrogens with zero attached hydrogens (tertiary/aromatic N) is 1. The molecule has 0 saturated heterocycles. The van der Waals surface area contributed by atoms with Crippen LogP contribution in [0.1, 0.15) is 29.9 Å². The summed E-state index contributed by atoms with van der Waals surface area (Å²) in [6.45, 7) is 4.85. The van der Waals surface area contributed by atoms with Crippen molar-refractivity contribution in [2.75, 3.05) is 6.61 Å². The predicted molar refractivity (Wildman–Crippen MR) is 79.0 cm³/mol. The summed E-state index contributed by atoms with van der Waals surface area (Å²) in [5.74, 6) is 0.493. The number of allylic oxidation sites excluding steroid dienone is 1. The number of benzene rings is 1. The van der Waals surface area contributed by atoms with Gasteiger partial charge in [0.2, 0.25) is 0 Å². The lowest BCUT2D eigenvalue weighted by molar-refractivity contribution is 0.0949. The second-order valence-electron chi connectivity index (χ2n) is 4.79. The summed E-state index contributed by atoms with van der Waals surface area (Å²) in [7, 11) is 0. The van der Waals surface area contributed by atoms with E-state index in [0.29, 0.717) is 30.2 Å². The quantitative estimate of drug-likeness (QED) is 0.829. The highest BCUT2D eigenvalue weighted by Gasteiger charge is 2.07. The molecule has 0 aliphatic carbocycles. The number of ether oxygens (including phenoxy) is 1. The summed E-state index contributed by atoms with van der Waals surface area (Å²) in [5.41, 5.74) is 2.42. The third-order valence-corrected chi connectivity index (χ3v) is 2.76. The Bertz CT molecular complexity index is 614. The van der Waals surface area contributed by atoms with E-state index in [2.05, 4.69) is 10.5 Å². The van der Waals surface area contributed by atoms with Gasteiger partial charge in [-0.25, -0.2) is 0 Å². The molecule has 0 fully saturated rings. The van der Waals surface area contributed by atoms with E-state index < -0.39 is 0 Å². The van der Waals surface area contributed by atoms with Gasteiger partial charge in [-0.2, -0.15) is 0 Å². The van der Waals surface area contributed by atoms with Crippen LogP contribution < -0.4 is 10.1 Å². The van der Waals surface area contributed by atoms with Crippen molar-refractivity contribution in [1.82, 2.24) is 10.5 Å². The monoisotopic (exact) mass is 286 g/mol. The van der Waals surface area contributed by atoms with Crippen molar-refractivity contribution in [3.63, 3.8) is 0 Å². The molecule has 1 heterocycles. The average Bonchev–Trinajstić information content (AvgIpc) is 2.98. The predicted octanol–water partition coefficient (Wildman–Crippen LogP) is 2.95. The third-order valence-electron chi connectivity index (χ3n) is 2.76. The fraction of sp³-hybridized carbons (Fsp3) is 0.250. The van der Waals surface area contributed by atoms with Gasteiger partial charge in [0.15, 0.2) is 0 Å². The Kier molecular flexibility index (Phi) is 5.15. The van der Waals surface area contributed by atoms with Crippen LogP contribution in [0.5, 0.6) is 5.75 Å². The Balaban J connectivity index is 1.93. The van der Waals surface area contributed by atoms with Gasteiger partial charge in [-0.05, 0) is 38.1 Å². The van der Waals surface area contributed by atoms with E-state index in [-0.39, 0.29) is 5.91 Å². The van der Waals surface area contributed by atoms with Gasteiger partial charge in [-0.15, -0.1) is 0 Å². The summed E-state index contributed by atoms with van der Waals surface area (Å²) in [4.78, 5) is 12.0. The van der Waals surface area contributed by atoms with Crippen LogP contribution in [0.4, 0.5) is 0 Å². The van der Waals surface area contributed by atoms with E-state index >= 15 is 0 Å². The van der Waals surface area contributed by atoms with Crippen LogP contribution >= 0.6 is 0 Å². The number of amides is 1. The molecule has 0 radical (unpaired) electrons. The fourth-order valence-corrected chi connectivity index (χ4v) is 1.63. The molecule has 1 amide bonds. The van der Waals surface area contributed by atoms with Crippen LogP contribution in [0.2, 0.25) is 0 Å². The van der Waals surface area contributed by atoms with Crippen molar-refractivity contribution in [2.24, 2.45) is 0 Å². The summed E-state index contributed by atoms with van der Waals surface area (Å²) in [6, 6.07) is 8.79. The van der Waals surface area contributed by atoms with Crippen LogP contribution in [-0.2, 0) is 6.54 Å². The molecule has 0 aliphatic rings. The summed E-state index contributed by atoms with van der Waals surface area (Å²) in [6.07, 6.45) is 3.45. The Morgan fingerprint density at radius 1 is 1.38 bits per heavy atom. The zero-order chi connectivity index (χ0) is 15.1. The van der Waals surface area contributed by atoms with Gasteiger partial charge >= 0.3 is 0 Å². The highest BCUT2D eigenvalue weighted by molar-refractivity contribution is 5.94. The van der Waals surface area contributed by atoms with Crippen LogP contribution in [0.15, 0.2) is 52.8 Å². The second-order valence-corrected chi connectivity index (χ2v) is 4.79. The molecule has 110 valence electrons. The largest absolute Gasteiger partial charge is 0.490 e. The lowest BCUT2D eigenvalue weighted by atomic mass is 10.2. The van der Waals surface area contributed by atoms with Gasteiger partial charge in [0, 0.05) is 11.6 Å². The van der Waals surface area contributed by atoms with E-state index in [4.69, 9.17) is 9.26 Å². The normalized spacial score (nSPS) is 10.0. The highest BCUT2D eigenvalue weighted by Crippen LogP contribution is 2.13. The molecule has 0 saturated carbocycles. The Hall–Kier alpha value is -2.56. The standard InChI is InChI=1S/C16H18N2O3/c1-12(2)6-8-20-15-5-3-4-13(10-15)16(19)17-11-14-7-9-21-18-14/h3-7,9-10H,8,11H2,1-2H3,(H,17,19). The van der Waals surface area contributed by atoms with Crippen LogP contribution in [0.3, 0.4) is 0 Å². The molecule has 0 bridgehead atoms. The van der Waals surface area contributed by atoms with E-state index in [1.807, 2.05) is 26.0 Å². The molecule has 5 heteroatoms. The van der Waals surface area contributed by atoms with E-state index in [0.717, 1.165) is 0 Å². The number of rotatable bonds is 6. The van der Waals surface area contributed by atoms with Crippen molar-refractivity contribution in [2.45, 2.75) is 20.4 Å². The molecule has 0 aliphatic heterocycles. The summed E-state index contributed by atoms with van der Waals surface area (Å²) >= 11 is 0. The smallest absolute Gasteiger partial charge is 0.251 e. The Labute approximate surface area is 123 Å². The van der Waals surface area contributed by atoms with Gasteiger partial charge in [0.1, 0.15) is 24.3 Å². The molecular formula is C16H18N2O3. The van der Waals surface area contributed by atoms with Crippen molar-refractivity contribution < 1.29 is 14.1 Å². The van der Waals surface area contributed by atoms with Gasteiger partial charge in [0.05, 0.1) is 6.54 Å². The zero-order valence-corrected chi connectivity index (χ0v) is 12.1. The average molecular weight is 286 g/mol. The first-order chi connectivity index (χ1) is 10.1. The maximum Gasteiger partial charge on any atom is 0.251 e. The Morgan fingerprint density at radius 2 is 2.24 bits per heavy atom. The molecule has 0 spiro atoms. The molecule has 1 aromatic heterocycles. The molecule has 2 rings (SSSR count). The maximum absolute atomic E-state index is 12.0. The van der Waals surface area contributed by atoms with Gasteiger partial charge < -0.3 is 14.6 Å². The topological polar surface area (TPSA) is 64.4 Å². The molecule has 0 unspecified atom stereocenters. The van der Waals surface area contributed by atoms with E-state index in [9.17, 15) is 4.79 Å². The van der Waals surface area contributed by atoms with Crippen molar-refractivity contribution in [1.29, 1.82) is 0 Å². The summed E-state index contributed by atoms with van der Waals surface area (Å²) in [5, 5.41) is 6.51. The second kappa shape index (κ2) is 7.28. The molecular weight excluding hydrogens is 268 g/mol. The zero-order valence-electron chi connectivity index (χ0n) is 12.1. The number of aromatic nitrogens is 1. The van der Waals surface area contributed by atoms with Crippen molar-refractivity contribution in [3.05, 3.63) is 59.5 Å². The molecule has 21 heavy (non-hydrogen) atoms. The van der Waals surface area contributed by atoms with Gasteiger partial charge in [-0.3, -0.25) is 4.79 Å². The van der Waals surface area contributed by atoms with Crippen molar-refractivity contribution >= 4 is 5.91 Å². The summed E-state index contributed by atoms with van der Waals surface area (Å²) < 4.78 is 10.3. The number of hydrogen-bond donors (Lipinski definition) is 1. The number of carbonyl (C=O) groups is 1. The molecule has 2 aromatic rings. The van der Waals surface area contributed by atoms with Crippen LogP contribution in [-0.4, -0.2) is 17.7 Å². The SMILES string of the molecule is CC(C)=CCOc1cccc(C(=O)NCc2ccon2)c1. The number of carbonyl (C=O) groups excluding carboxylic acids is 1. The first kappa shape index (κ1) is 14.8. The van der Waals surface area contributed by atoms with E-state index in [1.54, 1.807) is 24.3 Å². The minimum absolute atomic E-state index is 0.175. The minimum atomic E-state index is -0.175. The van der Waals surface area contributed by atoms with Gasteiger partial charge in [-0.1, -0.05) is 16.8 Å². The number of nitrogens with one attached hydrogen (secondary N) is 1. The van der Waals surface area contributed by atoms with Crippen LogP contribution in [0.25, 0.3) is 0 Å². The molecule has 1 N–H and O–H groups in total. The first-order valence-corrected chi connectivity index (χ1v) is 6.69. The first-order valence-electron chi connectivity index (χ1n) is 6.69. The molecule has 0 atom stereocenters. The molecule has 5 nitrogen and oxygen atoms in total. The minimum Gasteiger partial charge on any atom is -0.490 e. The van der Waals surface area contributed by atoms with Gasteiger partial charge in [0.25, 0.3) is 5.91 Å². The van der Waals surface area contributed by atoms with Crippen LogP contribution in [0, 0.1) is 0 Å². The molecule has 1 aromatic carbocycles.